The summed E-state index contributed by atoms with van der Waals surface area (Å²) < 4.78 is 2.30. The largest absolute Gasteiger partial charge is 0.332 e. The first kappa shape index (κ1) is 10.7. The van der Waals surface area contributed by atoms with Crippen molar-refractivity contribution in [2.24, 2.45) is 5.41 Å². The molecular formula is C12H21N3. The molecule has 1 aliphatic carbocycles. The molecule has 3 heteroatoms. The molecule has 1 heterocycles. The van der Waals surface area contributed by atoms with Gasteiger partial charge in [0.15, 0.2) is 0 Å². The molecule has 1 aliphatic rings. The van der Waals surface area contributed by atoms with Gasteiger partial charge in [-0.2, -0.15) is 0 Å². The first-order valence-corrected chi connectivity index (χ1v) is 5.66. The molecule has 0 saturated heterocycles. The molecule has 0 atom stereocenters. The van der Waals surface area contributed by atoms with E-state index in [0.717, 1.165) is 6.54 Å². The van der Waals surface area contributed by atoms with Crippen molar-refractivity contribution in [3.8, 4) is 0 Å². The van der Waals surface area contributed by atoms with E-state index in [2.05, 4.69) is 35.6 Å². The third-order valence-corrected chi connectivity index (χ3v) is 3.63. The van der Waals surface area contributed by atoms with Crippen molar-refractivity contribution in [3.63, 3.8) is 0 Å². The maximum atomic E-state index is 4.27. The molecule has 15 heavy (non-hydrogen) atoms. The standard InChI is InChI=1S/C12H21N3/c1-11(2,13-4)10-7-14-9-15(10)8-12(3)5-6-12/h7,9,13H,5-6,8H2,1-4H3. The van der Waals surface area contributed by atoms with Gasteiger partial charge in [0.05, 0.1) is 17.6 Å². The first-order chi connectivity index (χ1) is 6.97. The highest BCUT2D eigenvalue weighted by molar-refractivity contribution is 5.11. The van der Waals surface area contributed by atoms with Crippen LogP contribution in [0.15, 0.2) is 12.5 Å². The van der Waals surface area contributed by atoms with Gasteiger partial charge in [-0.15, -0.1) is 0 Å². The monoisotopic (exact) mass is 207 g/mol. The van der Waals surface area contributed by atoms with E-state index < -0.39 is 0 Å². The lowest BCUT2D eigenvalue weighted by atomic mass is 10.0. The van der Waals surface area contributed by atoms with Crippen molar-refractivity contribution in [1.82, 2.24) is 14.9 Å². The lowest BCUT2D eigenvalue weighted by Gasteiger charge is -2.26. The van der Waals surface area contributed by atoms with Gasteiger partial charge in [-0.05, 0) is 39.2 Å². The molecule has 0 unspecified atom stereocenters. The summed E-state index contributed by atoms with van der Waals surface area (Å²) in [7, 11) is 2.00. The number of hydrogen-bond acceptors (Lipinski definition) is 2. The molecule has 1 fully saturated rings. The van der Waals surface area contributed by atoms with Crippen LogP contribution in [-0.2, 0) is 12.1 Å². The van der Waals surface area contributed by atoms with Crippen LogP contribution >= 0.6 is 0 Å². The Hall–Kier alpha value is -0.830. The molecule has 3 nitrogen and oxygen atoms in total. The number of aromatic nitrogens is 2. The van der Waals surface area contributed by atoms with Crippen LogP contribution < -0.4 is 5.32 Å². The van der Waals surface area contributed by atoms with Gasteiger partial charge in [0, 0.05) is 12.7 Å². The maximum absolute atomic E-state index is 4.27. The molecule has 2 rings (SSSR count). The van der Waals surface area contributed by atoms with E-state index in [9.17, 15) is 0 Å². The summed E-state index contributed by atoms with van der Waals surface area (Å²) >= 11 is 0. The molecule has 0 aliphatic heterocycles. The average molecular weight is 207 g/mol. The molecule has 1 N–H and O–H groups in total. The summed E-state index contributed by atoms with van der Waals surface area (Å²) in [6.07, 6.45) is 6.63. The van der Waals surface area contributed by atoms with Crippen LogP contribution in [0.3, 0.4) is 0 Å². The third-order valence-electron chi connectivity index (χ3n) is 3.63. The van der Waals surface area contributed by atoms with Gasteiger partial charge in [0.2, 0.25) is 0 Å². The normalized spacial score (nSPS) is 19.2. The van der Waals surface area contributed by atoms with Gasteiger partial charge >= 0.3 is 0 Å². The van der Waals surface area contributed by atoms with Gasteiger partial charge < -0.3 is 9.88 Å². The minimum absolute atomic E-state index is 0.00174. The van der Waals surface area contributed by atoms with Crippen molar-refractivity contribution < 1.29 is 0 Å². The Kier molecular flexibility index (Phi) is 2.38. The Morgan fingerprint density at radius 1 is 1.53 bits per heavy atom. The minimum atomic E-state index is 0.00174. The van der Waals surface area contributed by atoms with Crippen molar-refractivity contribution >= 4 is 0 Å². The Morgan fingerprint density at radius 2 is 2.20 bits per heavy atom. The molecule has 84 valence electrons. The summed E-state index contributed by atoms with van der Waals surface area (Å²) in [6.45, 7) is 7.84. The highest BCUT2D eigenvalue weighted by Crippen LogP contribution is 2.46. The second kappa shape index (κ2) is 3.34. The fourth-order valence-corrected chi connectivity index (χ4v) is 1.88. The van der Waals surface area contributed by atoms with Crippen LogP contribution in [0.25, 0.3) is 0 Å². The number of hydrogen-bond donors (Lipinski definition) is 1. The first-order valence-electron chi connectivity index (χ1n) is 5.66. The Morgan fingerprint density at radius 3 is 2.73 bits per heavy atom. The summed E-state index contributed by atoms with van der Waals surface area (Å²) in [4.78, 5) is 4.27. The molecule has 0 bridgehead atoms. The minimum Gasteiger partial charge on any atom is -0.332 e. The Labute approximate surface area is 91.9 Å². The quantitative estimate of drug-likeness (QED) is 0.819. The average Bonchev–Trinajstić information content (AvgIpc) is 2.73. The fraction of sp³-hybridized carbons (Fsp3) is 0.750. The topological polar surface area (TPSA) is 29.9 Å². The molecule has 1 aromatic heterocycles. The number of imidazole rings is 1. The van der Waals surface area contributed by atoms with Gasteiger partial charge in [0.1, 0.15) is 0 Å². The van der Waals surface area contributed by atoms with Crippen LogP contribution in [0.5, 0.6) is 0 Å². The van der Waals surface area contributed by atoms with Gasteiger partial charge in [-0.25, -0.2) is 4.98 Å². The molecule has 1 saturated carbocycles. The smallest absolute Gasteiger partial charge is 0.0948 e. The van der Waals surface area contributed by atoms with Crippen LogP contribution in [-0.4, -0.2) is 16.6 Å². The Bertz CT molecular complexity index is 348. The number of nitrogens with one attached hydrogen (secondary N) is 1. The van der Waals surface area contributed by atoms with Gasteiger partial charge in [-0.1, -0.05) is 6.92 Å². The number of nitrogens with zero attached hydrogens (tertiary/aromatic N) is 2. The third kappa shape index (κ3) is 2.07. The van der Waals surface area contributed by atoms with E-state index in [-0.39, 0.29) is 5.54 Å². The van der Waals surface area contributed by atoms with Gasteiger partial charge in [0.25, 0.3) is 0 Å². The summed E-state index contributed by atoms with van der Waals surface area (Å²) in [5.41, 5.74) is 1.80. The van der Waals surface area contributed by atoms with E-state index in [4.69, 9.17) is 0 Å². The van der Waals surface area contributed by atoms with E-state index in [1.54, 1.807) is 0 Å². The van der Waals surface area contributed by atoms with E-state index in [1.807, 2.05) is 19.6 Å². The van der Waals surface area contributed by atoms with Crippen LogP contribution in [0, 0.1) is 5.41 Å². The Balaban J connectivity index is 2.21. The lowest BCUT2D eigenvalue weighted by Crippen LogP contribution is -2.35. The second-order valence-electron chi connectivity index (χ2n) is 5.59. The zero-order valence-corrected chi connectivity index (χ0v) is 10.2. The lowest BCUT2D eigenvalue weighted by molar-refractivity contribution is 0.378. The second-order valence-corrected chi connectivity index (χ2v) is 5.59. The molecular weight excluding hydrogens is 186 g/mol. The molecule has 0 aromatic carbocycles. The molecule has 0 spiro atoms. The van der Waals surface area contributed by atoms with E-state index in [1.165, 1.54) is 18.5 Å². The summed E-state index contributed by atoms with van der Waals surface area (Å²) in [5, 5.41) is 3.33. The zero-order chi connectivity index (χ0) is 11.1. The summed E-state index contributed by atoms with van der Waals surface area (Å²) in [6, 6.07) is 0. The van der Waals surface area contributed by atoms with Crippen molar-refractivity contribution in [2.75, 3.05) is 7.05 Å². The molecule has 0 amide bonds. The van der Waals surface area contributed by atoms with Crippen LogP contribution in [0.2, 0.25) is 0 Å². The van der Waals surface area contributed by atoms with Crippen molar-refractivity contribution in [2.45, 2.75) is 45.7 Å². The highest BCUT2D eigenvalue weighted by atomic mass is 15.1. The van der Waals surface area contributed by atoms with Crippen LogP contribution in [0.4, 0.5) is 0 Å². The maximum Gasteiger partial charge on any atom is 0.0948 e. The zero-order valence-electron chi connectivity index (χ0n) is 10.2. The fourth-order valence-electron chi connectivity index (χ4n) is 1.88. The van der Waals surface area contributed by atoms with Gasteiger partial charge in [-0.3, -0.25) is 0 Å². The predicted octanol–water partition coefficient (Wildman–Crippen LogP) is 2.14. The SMILES string of the molecule is CNC(C)(C)c1cncn1CC1(C)CC1. The van der Waals surface area contributed by atoms with Crippen LogP contribution in [0.1, 0.15) is 39.3 Å². The predicted molar refractivity (Wildman–Crippen MR) is 61.7 cm³/mol. The molecule has 0 radical (unpaired) electrons. The number of rotatable bonds is 4. The van der Waals surface area contributed by atoms with E-state index in [0.29, 0.717) is 5.41 Å². The van der Waals surface area contributed by atoms with Crippen molar-refractivity contribution in [3.05, 3.63) is 18.2 Å². The van der Waals surface area contributed by atoms with Crippen molar-refractivity contribution in [1.29, 1.82) is 0 Å². The van der Waals surface area contributed by atoms with E-state index >= 15 is 0 Å². The molecule has 1 aromatic rings. The highest BCUT2D eigenvalue weighted by Gasteiger charge is 2.38. The summed E-state index contributed by atoms with van der Waals surface area (Å²) in [5.74, 6) is 0.